The Morgan fingerprint density at radius 3 is 1.79 bits per heavy atom. The molecule has 0 aliphatic heterocycles. The van der Waals surface area contributed by atoms with E-state index < -0.39 is 18.2 Å². The molecule has 0 rings (SSSR count). The van der Waals surface area contributed by atoms with Gasteiger partial charge in [-0.3, -0.25) is 4.79 Å². The SMILES string of the molecule is CCCCC(C)(C)CNC(C)=O.CCCC[C@](C)(CO)C(F)(F)F. The molecule has 0 aromatic rings. The van der Waals surface area contributed by atoms with Crippen LogP contribution in [0.25, 0.3) is 0 Å². The third-order valence-electron chi connectivity index (χ3n) is 4.14. The maximum atomic E-state index is 12.3. The van der Waals surface area contributed by atoms with Crippen LogP contribution in [0.5, 0.6) is 0 Å². The molecule has 146 valence electrons. The van der Waals surface area contributed by atoms with Gasteiger partial charge in [-0.15, -0.1) is 0 Å². The minimum absolute atomic E-state index is 0.00347. The van der Waals surface area contributed by atoms with Crippen molar-refractivity contribution < 1.29 is 23.1 Å². The molecule has 1 amide bonds. The first-order valence-electron chi connectivity index (χ1n) is 8.77. The second kappa shape index (κ2) is 11.7. The number of nitrogens with one attached hydrogen (secondary N) is 1. The van der Waals surface area contributed by atoms with Crippen LogP contribution in [0.15, 0.2) is 0 Å². The van der Waals surface area contributed by atoms with Crippen molar-refractivity contribution in [2.24, 2.45) is 10.8 Å². The Hall–Kier alpha value is -0.780. The van der Waals surface area contributed by atoms with Crippen molar-refractivity contribution in [2.75, 3.05) is 13.2 Å². The van der Waals surface area contributed by atoms with Crippen molar-refractivity contribution in [2.45, 2.75) is 86.2 Å². The van der Waals surface area contributed by atoms with E-state index in [0.717, 1.165) is 13.5 Å². The van der Waals surface area contributed by atoms with Crippen molar-refractivity contribution in [1.82, 2.24) is 5.32 Å². The Kier molecular flexibility index (Phi) is 12.4. The van der Waals surface area contributed by atoms with E-state index in [9.17, 15) is 18.0 Å². The molecule has 0 fully saturated rings. The number of carbonyl (C=O) groups is 1. The van der Waals surface area contributed by atoms with Crippen LogP contribution >= 0.6 is 0 Å². The number of aliphatic hydroxyl groups is 1. The van der Waals surface area contributed by atoms with Crippen LogP contribution in [-0.4, -0.2) is 30.3 Å². The lowest BCUT2D eigenvalue weighted by Crippen LogP contribution is -2.38. The zero-order valence-corrected chi connectivity index (χ0v) is 16.1. The fourth-order valence-electron chi connectivity index (χ4n) is 1.98. The molecular formula is C18H36F3NO2. The normalized spacial score (nSPS) is 14.4. The fourth-order valence-corrected chi connectivity index (χ4v) is 1.98. The van der Waals surface area contributed by atoms with E-state index in [1.165, 1.54) is 19.3 Å². The lowest BCUT2D eigenvalue weighted by atomic mass is 9.85. The number of carbonyl (C=O) groups excluding carboxylic acids is 1. The average molecular weight is 355 g/mol. The third-order valence-corrected chi connectivity index (χ3v) is 4.14. The highest BCUT2D eigenvalue weighted by molar-refractivity contribution is 5.72. The molecule has 0 spiro atoms. The summed E-state index contributed by atoms with van der Waals surface area (Å²) in [6.07, 6.45) is 0.572. The van der Waals surface area contributed by atoms with E-state index in [2.05, 4.69) is 26.1 Å². The topological polar surface area (TPSA) is 49.3 Å². The van der Waals surface area contributed by atoms with Crippen LogP contribution in [0.2, 0.25) is 0 Å². The van der Waals surface area contributed by atoms with Gasteiger partial charge in [0, 0.05) is 13.5 Å². The summed E-state index contributed by atoms with van der Waals surface area (Å²) in [4.78, 5) is 10.7. The number of halogens is 3. The molecule has 2 N–H and O–H groups in total. The van der Waals surface area contributed by atoms with E-state index in [1.807, 2.05) is 6.92 Å². The summed E-state index contributed by atoms with van der Waals surface area (Å²) >= 11 is 0. The number of amides is 1. The van der Waals surface area contributed by atoms with Gasteiger partial charge in [-0.25, -0.2) is 0 Å². The lowest BCUT2D eigenvalue weighted by Gasteiger charge is -2.29. The second-order valence-electron chi connectivity index (χ2n) is 7.50. The average Bonchev–Trinajstić information content (AvgIpc) is 2.48. The molecule has 0 aromatic carbocycles. The van der Waals surface area contributed by atoms with Crippen molar-refractivity contribution in [1.29, 1.82) is 0 Å². The summed E-state index contributed by atoms with van der Waals surface area (Å²) in [5.74, 6) is 0.0690. The molecule has 0 bridgehead atoms. The summed E-state index contributed by atoms with van der Waals surface area (Å²) in [6, 6.07) is 0. The Morgan fingerprint density at radius 2 is 1.46 bits per heavy atom. The predicted octanol–water partition coefficient (Wildman–Crippen LogP) is 5.08. The monoisotopic (exact) mass is 355 g/mol. The highest BCUT2D eigenvalue weighted by Gasteiger charge is 2.49. The van der Waals surface area contributed by atoms with Gasteiger partial charge in [-0.05, 0) is 25.2 Å². The van der Waals surface area contributed by atoms with Crippen molar-refractivity contribution in [3.8, 4) is 0 Å². The van der Waals surface area contributed by atoms with E-state index in [4.69, 9.17) is 5.11 Å². The first-order chi connectivity index (χ1) is 10.8. The summed E-state index contributed by atoms with van der Waals surface area (Å²) < 4.78 is 36.8. The molecule has 0 unspecified atom stereocenters. The molecule has 0 heterocycles. The summed E-state index contributed by atoms with van der Waals surface area (Å²) in [5.41, 5.74) is -1.66. The van der Waals surface area contributed by atoms with Gasteiger partial charge in [0.15, 0.2) is 0 Å². The predicted molar refractivity (Wildman–Crippen MR) is 92.8 cm³/mol. The van der Waals surface area contributed by atoms with E-state index >= 15 is 0 Å². The Bertz CT molecular complexity index is 344. The lowest BCUT2D eigenvalue weighted by molar-refractivity contribution is -0.231. The molecule has 3 nitrogen and oxygen atoms in total. The van der Waals surface area contributed by atoms with Crippen molar-refractivity contribution >= 4 is 5.91 Å². The summed E-state index contributed by atoms with van der Waals surface area (Å²) in [6.45, 7) is 11.0. The molecule has 0 aliphatic carbocycles. The standard InChI is InChI=1S/C10H21NO.C8H15F3O/c1-5-6-7-10(3,4)8-11-9(2)12;1-3-4-5-7(2,6-12)8(9,10)11/h5-8H2,1-4H3,(H,11,12);12H,3-6H2,1-2H3/t;7-/m.1/s1. The minimum atomic E-state index is -4.29. The largest absolute Gasteiger partial charge is 0.396 e. The Labute approximate surface area is 145 Å². The quantitative estimate of drug-likeness (QED) is 0.606. The second-order valence-corrected chi connectivity index (χ2v) is 7.50. The summed E-state index contributed by atoms with van der Waals surface area (Å²) in [5, 5.41) is 11.5. The van der Waals surface area contributed by atoms with Gasteiger partial charge in [-0.1, -0.05) is 53.4 Å². The molecule has 0 aromatic heterocycles. The van der Waals surface area contributed by atoms with E-state index in [0.29, 0.717) is 12.8 Å². The van der Waals surface area contributed by atoms with Gasteiger partial charge >= 0.3 is 6.18 Å². The number of alkyl halides is 3. The molecule has 0 radical (unpaired) electrons. The maximum Gasteiger partial charge on any atom is 0.396 e. The highest BCUT2D eigenvalue weighted by atomic mass is 19.4. The fraction of sp³-hybridized carbons (Fsp3) is 0.944. The molecule has 0 saturated carbocycles. The van der Waals surface area contributed by atoms with Crippen LogP contribution < -0.4 is 5.32 Å². The van der Waals surface area contributed by atoms with Crippen LogP contribution in [0, 0.1) is 10.8 Å². The smallest absolute Gasteiger partial charge is 0.395 e. The van der Waals surface area contributed by atoms with E-state index in [1.54, 1.807) is 6.92 Å². The van der Waals surface area contributed by atoms with E-state index in [-0.39, 0.29) is 17.7 Å². The zero-order chi connectivity index (χ0) is 19.4. The van der Waals surface area contributed by atoms with Gasteiger partial charge < -0.3 is 10.4 Å². The maximum absolute atomic E-state index is 12.3. The molecular weight excluding hydrogens is 319 g/mol. The first kappa shape index (κ1) is 25.5. The Balaban J connectivity index is 0. The molecule has 24 heavy (non-hydrogen) atoms. The van der Waals surface area contributed by atoms with Crippen molar-refractivity contribution in [3.63, 3.8) is 0 Å². The summed E-state index contributed by atoms with van der Waals surface area (Å²) in [7, 11) is 0. The number of unbranched alkanes of at least 4 members (excludes halogenated alkanes) is 2. The van der Waals surface area contributed by atoms with Crippen LogP contribution in [0.1, 0.15) is 80.1 Å². The van der Waals surface area contributed by atoms with Crippen molar-refractivity contribution in [3.05, 3.63) is 0 Å². The van der Waals surface area contributed by atoms with Gasteiger partial charge in [-0.2, -0.15) is 13.2 Å². The molecule has 0 saturated heterocycles. The number of hydrogen-bond acceptors (Lipinski definition) is 2. The first-order valence-corrected chi connectivity index (χ1v) is 8.77. The Morgan fingerprint density at radius 1 is 1.00 bits per heavy atom. The molecule has 0 aliphatic rings. The third kappa shape index (κ3) is 11.7. The molecule has 6 heteroatoms. The van der Waals surface area contributed by atoms with Gasteiger partial charge in [0.05, 0.1) is 12.0 Å². The zero-order valence-electron chi connectivity index (χ0n) is 16.1. The number of hydrogen-bond donors (Lipinski definition) is 2. The van der Waals surface area contributed by atoms with Gasteiger partial charge in [0.2, 0.25) is 5.91 Å². The highest BCUT2D eigenvalue weighted by Crippen LogP contribution is 2.41. The number of aliphatic hydroxyl groups excluding tert-OH is 1. The minimum Gasteiger partial charge on any atom is -0.395 e. The molecule has 1 atom stereocenters. The van der Waals surface area contributed by atoms with Crippen LogP contribution in [0.3, 0.4) is 0 Å². The van der Waals surface area contributed by atoms with Crippen LogP contribution in [-0.2, 0) is 4.79 Å². The number of rotatable bonds is 9. The van der Waals surface area contributed by atoms with Gasteiger partial charge in [0.25, 0.3) is 0 Å². The van der Waals surface area contributed by atoms with Gasteiger partial charge in [0.1, 0.15) is 0 Å². The van der Waals surface area contributed by atoms with Crippen LogP contribution in [0.4, 0.5) is 13.2 Å².